The standard InChI is InChI=1S/C22H23NO2/c1-3-7-16(8-4-1)13-23(14-17-9-5-2-6-10-17)22-21-18(15-24-22)19-11-12-20(21)25-19/h1-12,18-22H,13-15H2/t18-,19-,20+,21-,22?/m0/s1. The Hall–Kier alpha value is -1.94. The predicted molar refractivity (Wildman–Crippen MR) is 96.7 cm³/mol. The molecule has 3 heterocycles. The molecule has 0 N–H and O–H groups in total. The molecule has 25 heavy (non-hydrogen) atoms. The maximum absolute atomic E-state index is 6.31. The maximum Gasteiger partial charge on any atom is 0.117 e. The van der Waals surface area contributed by atoms with Crippen LogP contribution in [0.5, 0.6) is 0 Å². The first kappa shape index (κ1) is 15.3. The fraction of sp³-hybridized carbons (Fsp3) is 0.364. The molecule has 5 atom stereocenters. The average Bonchev–Trinajstić information content (AvgIpc) is 3.37. The topological polar surface area (TPSA) is 21.7 Å². The van der Waals surface area contributed by atoms with Gasteiger partial charge in [-0.3, -0.25) is 4.90 Å². The van der Waals surface area contributed by atoms with E-state index in [1.165, 1.54) is 11.1 Å². The van der Waals surface area contributed by atoms with Crippen molar-refractivity contribution in [3.05, 3.63) is 83.9 Å². The molecule has 2 saturated heterocycles. The van der Waals surface area contributed by atoms with Gasteiger partial charge in [-0.05, 0) is 11.1 Å². The van der Waals surface area contributed by atoms with E-state index in [0.717, 1.165) is 19.7 Å². The van der Waals surface area contributed by atoms with Crippen LogP contribution in [0.2, 0.25) is 0 Å². The van der Waals surface area contributed by atoms with E-state index in [-0.39, 0.29) is 18.4 Å². The van der Waals surface area contributed by atoms with Gasteiger partial charge < -0.3 is 9.47 Å². The zero-order valence-corrected chi connectivity index (χ0v) is 14.2. The summed E-state index contributed by atoms with van der Waals surface area (Å²) >= 11 is 0. The van der Waals surface area contributed by atoms with Crippen LogP contribution in [0.4, 0.5) is 0 Å². The summed E-state index contributed by atoms with van der Waals surface area (Å²) in [7, 11) is 0. The molecule has 0 aromatic heterocycles. The molecule has 0 radical (unpaired) electrons. The van der Waals surface area contributed by atoms with E-state index < -0.39 is 0 Å². The summed E-state index contributed by atoms with van der Waals surface area (Å²) in [6.45, 7) is 2.59. The highest BCUT2D eigenvalue weighted by atomic mass is 16.5. The van der Waals surface area contributed by atoms with Crippen molar-refractivity contribution in [1.29, 1.82) is 0 Å². The van der Waals surface area contributed by atoms with Crippen LogP contribution in [0.1, 0.15) is 11.1 Å². The van der Waals surface area contributed by atoms with Crippen LogP contribution < -0.4 is 0 Å². The molecule has 128 valence electrons. The minimum atomic E-state index is 0.116. The predicted octanol–water partition coefficient (Wildman–Crippen LogP) is 3.61. The van der Waals surface area contributed by atoms with Crippen molar-refractivity contribution in [3.63, 3.8) is 0 Å². The highest BCUT2D eigenvalue weighted by molar-refractivity contribution is 5.20. The minimum Gasteiger partial charge on any atom is -0.366 e. The molecule has 3 aliphatic rings. The second kappa shape index (κ2) is 6.41. The molecule has 2 aromatic rings. The number of nitrogens with zero attached hydrogens (tertiary/aromatic N) is 1. The summed E-state index contributed by atoms with van der Waals surface area (Å²) in [6.07, 6.45) is 5.05. The molecule has 5 rings (SSSR count). The van der Waals surface area contributed by atoms with Crippen molar-refractivity contribution in [2.45, 2.75) is 31.5 Å². The van der Waals surface area contributed by atoms with Crippen molar-refractivity contribution in [3.8, 4) is 0 Å². The SMILES string of the molecule is C1=C[C@H]2O[C@@H]1[C@@H]1COC(N(Cc3ccccc3)Cc3ccccc3)[C@@H]12. The molecule has 3 aliphatic heterocycles. The van der Waals surface area contributed by atoms with Crippen LogP contribution in [-0.4, -0.2) is 29.9 Å². The maximum atomic E-state index is 6.31. The molecule has 0 saturated carbocycles. The second-order valence-electron chi connectivity index (χ2n) is 7.29. The Bertz CT molecular complexity index is 704. The molecule has 2 fully saturated rings. The Morgan fingerprint density at radius 2 is 1.40 bits per heavy atom. The lowest BCUT2D eigenvalue weighted by molar-refractivity contribution is -0.0739. The van der Waals surface area contributed by atoms with Gasteiger partial charge in [0, 0.05) is 24.9 Å². The summed E-state index contributed by atoms with van der Waals surface area (Å²) in [5.74, 6) is 0.955. The lowest BCUT2D eigenvalue weighted by atomic mass is 9.84. The second-order valence-corrected chi connectivity index (χ2v) is 7.29. The van der Waals surface area contributed by atoms with Gasteiger partial charge in [-0.1, -0.05) is 72.8 Å². The van der Waals surface area contributed by atoms with Crippen molar-refractivity contribution in [2.24, 2.45) is 11.8 Å². The molecule has 0 amide bonds. The number of hydrogen-bond donors (Lipinski definition) is 0. The van der Waals surface area contributed by atoms with E-state index in [0.29, 0.717) is 11.8 Å². The third-order valence-electron chi connectivity index (χ3n) is 5.71. The number of rotatable bonds is 5. The van der Waals surface area contributed by atoms with Crippen molar-refractivity contribution >= 4 is 0 Å². The van der Waals surface area contributed by atoms with Gasteiger partial charge in [0.05, 0.1) is 18.8 Å². The molecule has 2 bridgehead atoms. The summed E-state index contributed by atoms with van der Waals surface area (Å²) in [5, 5.41) is 0. The van der Waals surface area contributed by atoms with Gasteiger partial charge in [-0.15, -0.1) is 0 Å². The molecule has 3 nitrogen and oxygen atoms in total. The van der Waals surface area contributed by atoms with Crippen molar-refractivity contribution in [1.82, 2.24) is 4.90 Å². The van der Waals surface area contributed by atoms with Crippen LogP contribution in [0.3, 0.4) is 0 Å². The molecule has 1 unspecified atom stereocenters. The van der Waals surface area contributed by atoms with E-state index in [1.54, 1.807) is 0 Å². The zero-order chi connectivity index (χ0) is 16.6. The van der Waals surface area contributed by atoms with Crippen molar-refractivity contribution in [2.75, 3.05) is 6.61 Å². The fourth-order valence-electron chi connectivity index (χ4n) is 4.54. The first-order valence-corrected chi connectivity index (χ1v) is 9.16. The van der Waals surface area contributed by atoms with Gasteiger partial charge in [0.15, 0.2) is 0 Å². The van der Waals surface area contributed by atoms with E-state index in [9.17, 15) is 0 Å². The molecule has 3 heteroatoms. The number of fused-ring (bicyclic) bond motifs is 5. The van der Waals surface area contributed by atoms with Gasteiger partial charge >= 0.3 is 0 Å². The summed E-state index contributed by atoms with van der Waals surface area (Å²) in [5.41, 5.74) is 2.65. The van der Waals surface area contributed by atoms with Crippen LogP contribution in [0.15, 0.2) is 72.8 Å². The summed E-state index contributed by atoms with van der Waals surface area (Å²) < 4.78 is 12.4. The van der Waals surface area contributed by atoms with E-state index in [2.05, 4.69) is 77.7 Å². The number of hydrogen-bond acceptors (Lipinski definition) is 3. The molecular weight excluding hydrogens is 310 g/mol. The average molecular weight is 333 g/mol. The largest absolute Gasteiger partial charge is 0.366 e. The third kappa shape index (κ3) is 2.82. The van der Waals surface area contributed by atoms with E-state index in [1.807, 2.05) is 0 Å². The first-order valence-electron chi connectivity index (χ1n) is 9.16. The summed E-state index contributed by atoms with van der Waals surface area (Å²) in [4.78, 5) is 2.48. The minimum absolute atomic E-state index is 0.116. The zero-order valence-electron chi connectivity index (χ0n) is 14.2. The van der Waals surface area contributed by atoms with Crippen LogP contribution in [0, 0.1) is 11.8 Å². The van der Waals surface area contributed by atoms with Gasteiger partial charge in [0.1, 0.15) is 6.23 Å². The molecule has 2 aromatic carbocycles. The fourth-order valence-corrected chi connectivity index (χ4v) is 4.54. The summed E-state index contributed by atoms with van der Waals surface area (Å²) in [6, 6.07) is 21.4. The highest BCUT2D eigenvalue weighted by Gasteiger charge is 2.55. The van der Waals surface area contributed by atoms with Crippen LogP contribution in [0.25, 0.3) is 0 Å². The highest BCUT2D eigenvalue weighted by Crippen LogP contribution is 2.47. The van der Waals surface area contributed by atoms with Gasteiger partial charge in [-0.25, -0.2) is 0 Å². The van der Waals surface area contributed by atoms with Crippen LogP contribution in [-0.2, 0) is 22.6 Å². The lowest BCUT2D eigenvalue weighted by Crippen LogP contribution is -2.42. The Kier molecular flexibility index (Phi) is 3.93. The van der Waals surface area contributed by atoms with Crippen LogP contribution >= 0.6 is 0 Å². The smallest absolute Gasteiger partial charge is 0.117 e. The Balaban J connectivity index is 1.42. The van der Waals surface area contributed by atoms with Crippen molar-refractivity contribution < 1.29 is 9.47 Å². The Labute approximate surface area is 148 Å². The monoisotopic (exact) mass is 333 g/mol. The van der Waals surface area contributed by atoms with Gasteiger partial charge in [-0.2, -0.15) is 0 Å². The number of ether oxygens (including phenoxy) is 2. The van der Waals surface area contributed by atoms with E-state index in [4.69, 9.17) is 9.47 Å². The van der Waals surface area contributed by atoms with Gasteiger partial charge in [0.25, 0.3) is 0 Å². The molecular formula is C22H23NO2. The normalized spacial score (nSPS) is 32.4. The lowest BCUT2D eigenvalue weighted by Gasteiger charge is -2.33. The quantitative estimate of drug-likeness (QED) is 0.780. The van der Waals surface area contributed by atoms with E-state index >= 15 is 0 Å². The molecule has 0 aliphatic carbocycles. The number of benzene rings is 2. The van der Waals surface area contributed by atoms with Gasteiger partial charge in [0.2, 0.25) is 0 Å². The Morgan fingerprint density at radius 3 is 2.04 bits per heavy atom. The first-order chi connectivity index (χ1) is 12.4. The Morgan fingerprint density at radius 1 is 0.800 bits per heavy atom. The third-order valence-corrected chi connectivity index (χ3v) is 5.71. The molecule has 0 spiro atoms.